The second kappa shape index (κ2) is 9.71. The number of rotatable bonds is 5. The first-order chi connectivity index (χ1) is 20.4. The van der Waals surface area contributed by atoms with Gasteiger partial charge in [-0.2, -0.15) is 0 Å². The minimum Gasteiger partial charge on any atom is -0.497 e. The highest BCUT2D eigenvalue weighted by Gasteiger charge is 2.70. The molecule has 7 heteroatoms. The molecule has 42 heavy (non-hydrogen) atoms. The number of ketones is 2. The number of ether oxygens (including phenoxy) is 1. The van der Waals surface area contributed by atoms with E-state index >= 15 is 0 Å². The summed E-state index contributed by atoms with van der Waals surface area (Å²) < 4.78 is 5.33. The molecule has 3 aliphatic heterocycles. The van der Waals surface area contributed by atoms with Gasteiger partial charge in [0.05, 0.1) is 19.1 Å². The predicted molar refractivity (Wildman–Crippen MR) is 163 cm³/mol. The molecule has 0 aromatic heterocycles. The fourth-order valence-electron chi connectivity index (χ4n) is 7.11. The maximum absolute atomic E-state index is 14.8. The van der Waals surface area contributed by atoms with Crippen molar-refractivity contribution in [3.05, 3.63) is 130 Å². The van der Waals surface area contributed by atoms with Gasteiger partial charge in [0, 0.05) is 33.1 Å². The first kappa shape index (κ1) is 26.2. The van der Waals surface area contributed by atoms with Gasteiger partial charge >= 0.3 is 0 Å². The maximum atomic E-state index is 14.8. The Morgan fingerprint density at radius 1 is 0.857 bits per heavy atom. The molecule has 3 aliphatic rings. The van der Waals surface area contributed by atoms with E-state index in [1.165, 1.54) is 0 Å². The van der Waals surface area contributed by atoms with Gasteiger partial charge in [-0.1, -0.05) is 54.1 Å². The molecule has 1 saturated heterocycles. The highest BCUT2D eigenvalue weighted by molar-refractivity contribution is 6.30. The number of nitrogens with zero attached hydrogens (tertiary/aromatic N) is 1. The largest absolute Gasteiger partial charge is 0.497 e. The van der Waals surface area contributed by atoms with Gasteiger partial charge in [-0.25, -0.2) is 0 Å². The van der Waals surface area contributed by atoms with E-state index in [4.69, 9.17) is 16.3 Å². The van der Waals surface area contributed by atoms with Crippen molar-refractivity contribution in [2.24, 2.45) is 5.92 Å². The number of para-hydroxylation sites is 2. The molecule has 7 rings (SSSR count). The second-order valence-corrected chi connectivity index (χ2v) is 11.4. The Hall–Kier alpha value is -4.68. The van der Waals surface area contributed by atoms with Crippen LogP contribution in [0, 0.1) is 5.92 Å². The van der Waals surface area contributed by atoms with Crippen molar-refractivity contribution in [3.8, 4) is 5.75 Å². The molecule has 4 atom stereocenters. The van der Waals surface area contributed by atoms with Crippen LogP contribution in [0.15, 0.2) is 103 Å². The zero-order valence-corrected chi connectivity index (χ0v) is 23.8. The van der Waals surface area contributed by atoms with E-state index in [0.717, 1.165) is 16.8 Å². The van der Waals surface area contributed by atoms with Crippen molar-refractivity contribution >= 4 is 46.0 Å². The highest BCUT2D eigenvalue weighted by atomic mass is 35.5. The molecular formula is C35H27ClN2O4. The molecule has 1 fully saturated rings. The Kier molecular flexibility index (Phi) is 6.06. The summed E-state index contributed by atoms with van der Waals surface area (Å²) in [5.41, 5.74) is 3.58. The summed E-state index contributed by atoms with van der Waals surface area (Å²) in [5, 5.41) is 3.56. The molecule has 0 bridgehead atoms. The third kappa shape index (κ3) is 3.61. The molecule has 0 aliphatic carbocycles. The molecule has 4 aromatic rings. The summed E-state index contributed by atoms with van der Waals surface area (Å²) in [6.07, 6.45) is 2.05. The summed E-state index contributed by atoms with van der Waals surface area (Å²) in [6.45, 7) is 2.01. The number of halogens is 1. The monoisotopic (exact) mass is 574 g/mol. The normalized spacial score (nSPS) is 23.5. The van der Waals surface area contributed by atoms with Gasteiger partial charge in [-0.15, -0.1) is 0 Å². The summed E-state index contributed by atoms with van der Waals surface area (Å²) in [4.78, 5) is 46.0. The van der Waals surface area contributed by atoms with Gasteiger partial charge in [-0.05, 0) is 78.7 Å². The van der Waals surface area contributed by atoms with Gasteiger partial charge in [0.15, 0.2) is 11.6 Å². The van der Waals surface area contributed by atoms with Gasteiger partial charge in [0.1, 0.15) is 17.2 Å². The van der Waals surface area contributed by atoms with Crippen LogP contribution in [-0.4, -0.2) is 36.7 Å². The number of Topliss-reactive ketones (excluding diaryl/α,β-unsaturated/α-hetero) is 2. The van der Waals surface area contributed by atoms with Crippen molar-refractivity contribution in [3.63, 3.8) is 0 Å². The lowest BCUT2D eigenvalue weighted by Gasteiger charge is -2.39. The van der Waals surface area contributed by atoms with Crippen molar-refractivity contribution in [2.45, 2.75) is 24.4 Å². The summed E-state index contributed by atoms with van der Waals surface area (Å²) in [5.74, 6) is -1.25. The Bertz CT molecular complexity index is 1800. The lowest BCUT2D eigenvalue weighted by molar-refractivity contribution is -0.121. The summed E-state index contributed by atoms with van der Waals surface area (Å²) >= 11 is 6.19. The van der Waals surface area contributed by atoms with Crippen LogP contribution in [0.25, 0.3) is 5.57 Å². The highest BCUT2D eigenvalue weighted by Crippen LogP contribution is 2.58. The number of benzene rings is 4. The SMILES string of the molecule is COc1ccc(C(=O)[C@H]2[C@@H](C(=O)c3ccc(Cl)cc3)[C@]3(C(=O)Nc4ccccc43)[C@@H]3C=C(C)c4ccccc4N32)cc1. The van der Waals surface area contributed by atoms with E-state index < -0.39 is 23.4 Å². The Morgan fingerprint density at radius 3 is 2.24 bits per heavy atom. The number of amides is 1. The van der Waals surface area contributed by atoms with E-state index in [9.17, 15) is 14.4 Å². The molecule has 1 N–H and O–H groups in total. The number of carbonyl (C=O) groups excluding carboxylic acids is 3. The first-order valence-corrected chi connectivity index (χ1v) is 14.2. The van der Waals surface area contributed by atoms with Gasteiger partial charge in [0.2, 0.25) is 5.91 Å². The quantitative estimate of drug-likeness (QED) is 0.272. The van der Waals surface area contributed by atoms with E-state index in [-0.39, 0.29) is 17.5 Å². The van der Waals surface area contributed by atoms with Gasteiger partial charge < -0.3 is 15.0 Å². The van der Waals surface area contributed by atoms with Gasteiger partial charge in [-0.3, -0.25) is 14.4 Å². The van der Waals surface area contributed by atoms with Crippen LogP contribution in [0.4, 0.5) is 11.4 Å². The number of allylic oxidation sites excluding steroid dienone is 1. The lowest BCUT2D eigenvalue weighted by Crippen LogP contribution is -2.51. The third-order valence-corrected chi connectivity index (χ3v) is 9.19. The molecule has 1 amide bonds. The lowest BCUT2D eigenvalue weighted by atomic mass is 9.64. The van der Waals surface area contributed by atoms with Crippen LogP contribution in [0.3, 0.4) is 0 Å². The zero-order valence-electron chi connectivity index (χ0n) is 23.0. The van der Waals surface area contributed by atoms with Crippen molar-refractivity contribution in [1.82, 2.24) is 0 Å². The smallest absolute Gasteiger partial charge is 0.238 e. The molecule has 1 spiro atoms. The summed E-state index contributed by atoms with van der Waals surface area (Å²) in [7, 11) is 1.57. The van der Waals surface area contributed by atoms with Crippen LogP contribution >= 0.6 is 11.6 Å². The number of nitrogens with one attached hydrogen (secondary N) is 1. The summed E-state index contributed by atoms with van der Waals surface area (Å²) in [6, 6.07) is 27.3. The van der Waals surface area contributed by atoms with E-state index in [1.54, 1.807) is 55.6 Å². The first-order valence-electron chi connectivity index (χ1n) is 13.8. The van der Waals surface area contributed by atoms with E-state index in [2.05, 4.69) is 5.32 Å². The number of carbonyl (C=O) groups is 3. The van der Waals surface area contributed by atoms with E-state index in [1.807, 2.05) is 66.4 Å². The number of hydrogen-bond acceptors (Lipinski definition) is 5. The molecule has 4 aromatic carbocycles. The van der Waals surface area contributed by atoms with Crippen LogP contribution < -0.4 is 15.0 Å². The fourth-order valence-corrected chi connectivity index (χ4v) is 7.23. The number of hydrogen-bond donors (Lipinski definition) is 1. The minimum absolute atomic E-state index is 0.244. The Balaban J connectivity index is 1.53. The zero-order chi connectivity index (χ0) is 29.2. The number of fused-ring (bicyclic) bond motifs is 6. The molecule has 0 radical (unpaired) electrons. The molecule has 0 unspecified atom stereocenters. The molecule has 0 saturated carbocycles. The minimum atomic E-state index is -1.37. The molecule has 208 valence electrons. The van der Waals surface area contributed by atoms with Crippen molar-refractivity contribution in [1.29, 1.82) is 0 Å². The number of anilines is 2. The van der Waals surface area contributed by atoms with Crippen molar-refractivity contribution < 1.29 is 19.1 Å². The second-order valence-electron chi connectivity index (χ2n) is 11.0. The third-order valence-electron chi connectivity index (χ3n) is 8.94. The van der Waals surface area contributed by atoms with Crippen LogP contribution in [0.1, 0.15) is 38.8 Å². The fraction of sp³-hybridized carbons (Fsp3) is 0.171. The Morgan fingerprint density at radius 2 is 1.50 bits per heavy atom. The average molecular weight is 575 g/mol. The van der Waals surface area contributed by atoms with Gasteiger partial charge in [0.25, 0.3) is 0 Å². The topological polar surface area (TPSA) is 75.7 Å². The number of methoxy groups -OCH3 is 1. The average Bonchev–Trinajstić information content (AvgIpc) is 3.49. The predicted octanol–water partition coefficient (Wildman–Crippen LogP) is 6.59. The molecular weight excluding hydrogens is 548 g/mol. The Labute approximate surface area is 248 Å². The van der Waals surface area contributed by atoms with Crippen molar-refractivity contribution in [2.75, 3.05) is 17.3 Å². The molecule has 3 heterocycles. The van der Waals surface area contributed by atoms with Crippen LogP contribution in [0.5, 0.6) is 5.75 Å². The molecule has 6 nitrogen and oxygen atoms in total. The standard InChI is InChI=1S/C35H27ClN2O4/c1-20-19-29-35(26-8-4-5-9-27(26)37-34(35)41)30(32(39)21-11-15-23(36)16-12-21)31(38(29)28-10-6-3-7-25(20)28)33(40)22-13-17-24(42-2)18-14-22/h3-19,29-31H,1-2H3,(H,37,41)/t29-,30-,31+,35+/m0/s1. The van der Waals surface area contributed by atoms with E-state index in [0.29, 0.717) is 33.1 Å². The van der Waals surface area contributed by atoms with Crippen LogP contribution in [-0.2, 0) is 10.2 Å². The van der Waals surface area contributed by atoms with Crippen LogP contribution in [0.2, 0.25) is 5.02 Å². The maximum Gasteiger partial charge on any atom is 0.238 e.